The van der Waals surface area contributed by atoms with Gasteiger partial charge in [0.15, 0.2) is 0 Å². The number of carbonyl (C=O) groups excluding carboxylic acids is 2. The van der Waals surface area contributed by atoms with Crippen molar-refractivity contribution < 1.29 is 14.0 Å². The van der Waals surface area contributed by atoms with Gasteiger partial charge in [-0.3, -0.25) is 9.59 Å². The van der Waals surface area contributed by atoms with Gasteiger partial charge >= 0.3 is 0 Å². The van der Waals surface area contributed by atoms with Crippen molar-refractivity contribution in [3.8, 4) is 6.07 Å². The quantitative estimate of drug-likeness (QED) is 0.745. The number of hydrogen-bond acceptors (Lipinski definition) is 3. The molecule has 4 nitrogen and oxygen atoms in total. The summed E-state index contributed by atoms with van der Waals surface area (Å²) in [6.45, 7) is 0. The maximum absolute atomic E-state index is 13.1. The molecule has 1 aliphatic rings. The van der Waals surface area contributed by atoms with Gasteiger partial charge in [-0.1, -0.05) is 12.1 Å². The number of halogens is 1. The Morgan fingerprint density at radius 1 is 1.00 bits per heavy atom. The van der Waals surface area contributed by atoms with Gasteiger partial charge in [0.2, 0.25) is 0 Å². The van der Waals surface area contributed by atoms with Gasteiger partial charge in [-0.2, -0.15) is 5.26 Å². The second kappa shape index (κ2) is 4.28. The molecule has 2 aromatic rings. The van der Waals surface area contributed by atoms with E-state index in [-0.39, 0.29) is 22.4 Å². The number of nitrogens with zero attached hydrogens (tertiary/aromatic N) is 2. The molecule has 0 N–H and O–H groups in total. The Hall–Kier alpha value is -3.00. The summed E-state index contributed by atoms with van der Waals surface area (Å²) in [4.78, 5) is 25.4. The van der Waals surface area contributed by atoms with Crippen LogP contribution in [0.3, 0.4) is 0 Å². The number of rotatable bonds is 1. The van der Waals surface area contributed by atoms with Crippen LogP contribution in [0.1, 0.15) is 26.3 Å². The van der Waals surface area contributed by atoms with Crippen LogP contribution >= 0.6 is 0 Å². The lowest BCUT2D eigenvalue weighted by molar-refractivity contribution is 0.0926. The summed E-state index contributed by atoms with van der Waals surface area (Å²) in [6, 6.07) is 11.6. The predicted octanol–water partition coefficient (Wildman–Crippen LogP) is 2.50. The summed E-state index contributed by atoms with van der Waals surface area (Å²) >= 11 is 0. The van der Waals surface area contributed by atoms with E-state index in [0.29, 0.717) is 0 Å². The molecule has 0 aliphatic carbocycles. The minimum atomic E-state index is -0.595. The topological polar surface area (TPSA) is 61.2 Å². The van der Waals surface area contributed by atoms with Gasteiger partial charge in [-0.15, -0.1) is 0 Å². The van der Waals surface area contributed by atoms with E-state index in [2.05, 4.69) is 0 Å². The number of nitriles is 1. The SMILES string of the molecule is N#Cc1cc(F)ccc1N1C(=O)c2ccccc2C1=O. The van der Waals surface area contributed by atoms with E-state index in [1.54, 1.807) is 30.3 Å². The van der Waals surface area contributed by atoms with Crippen molar-refractivity contribution in [2.24, 2.45) is 0 Å². The summed E-state index contributed by atoms with van der Waals surface area (Å²) in [6.07, 6.45) is 0. The normalized spacial score (nSPS) is 13.3. The van der Waals surface area contributed by atoms with Crippen molar-refractivity contribution in [3.05, 3.63) is 65.0 Å². The molecule has 0 aromatic heterocycles. The molecule has 0 saturated heterocycles. The number of fused-ring (bicyclic) bond motifs is 1. The monoisotopic (exact) mass is 266 g/mol. The average molecular weight is 266 g/mol. The first-order chi connectivity index (χ1) is 9.63. The van der Waals surface area contributed by atoms with Crippen molar-refractivity contribution in [3.63, 3.8) is 0 Å². The molecular formula is C15H7FN2O2. The van der Waals surface area contributed by atoms with Gasteiger partial charge in [0.05, 0.1) is 22.4 Å². The van der Waals surface area contributed by atoms with E-state index < -0.39 is 17.6 Å². The molecule has 1 heterocycles. The second-order valence-corrected chi connectivity index (χ2v) is 4.26. The van der Waals surface area contributed by atoms with Crippen molar-refractivity contribution in [2.75, 3.05) is 4.90 Å². The van der Waals surface area contributed by atoms with Crippen LogP contribution < -0.4 is 4.90 Å². The fraction of sp³-hybridized carbons (Fsp3) is 0. The van der Waals surface area contributed by atoms with Gasteiger partial charge in [0, 0.05) is 0 Å². The number of amides is 2. The molecule has 0 bridgehead atoms. The highest BCUT2D eigenvalue weighted by Crippen LogP contribution is 2.30. The third-order valence-corrected chi connectivity index (χ3v) is 3.11. The zero-order valence-corrected chi connectivity index (χ0v) is 10.1. The first-order valence-corrected chi connectivity index (χ1v) is 5.81. The van der Waals surface area contributed by atoms with Crippen molar-refractivity contribution >= 4 is 17.5 Å². The van der Waals surface area contributed by atoms with Gasteiger partial charge in [-0.25, -0.2) is 9.29 Å². The molecule has 20 heavy (non-hydrogen) atoms. The van der Waals surface area contributed by atoms with Gasteiger partial charge in [0.25, 0.3) is 11.8 Å². The average Bonchev–Trinajstić information content (AvgIpc) is 2.72. The number of benzene rings is 2. The third kappa shape index (κ3) is 1.59. The molecule has 96 valence electrons. The summed E-state index contributed by atoms with van der Waals surface area (Å²) in [5.74, 6) is -1.61. The zero-order chi connectivity index (χ0) is 14.3. The molecule has 0 atom stereocenters. The molecule has 2 amide bonds. The lowest BCUT2D eigenvalue weighted by Gasteiger charge is -2.15. The highest BCUT2D eigenvalue weighted by atomic mass is 19.1. The van der Waals surface area contributed by atoms with Crippen LogP contribution in [0, 0.1) is 17.1 Å². The number of carbonyl (C=O) groups is 2. The molecule has 0 radical (unpaired) electrons. The van der Waals surface area contributed by atoms with E-state index in [0.717, 1.165) is 17.0 Å². The maximum atomic E-state index is 13.1. The predicted molar refractivity (Wildman–Crippen MR) is 68.7 cm³/mol. The highest BCUT2D eigenvalue weighted by molar-refractivity contribution is 6.34. The first kappa shape index (κ1) is 12.1. The smallest absolute Gasteiger partial charge is 0.266 e. The number of anilines is 1. The van der Waals surface area contributed by atoms with Crippen molar-refractivity contribution in [2.45, 2.75) is 0 Å². The van der Waals surface area contributed by atoms with Crippen molar-refractivity contribution in [1.29, 1.82) is 5.26 Å². The Kier molecular flexibility index (Phi) is 2.58. The maximum Gasteiger partial charge on any atom is 0.266 e. The van der Waals surface area contributed by atoms with E-state index in [1.165, 1.54) is 6.07 Å². The highest BCUT2D eigenvalue weighted by Gasteiger charge is 2.37. The van der Waals surface area contributed by atoms with E-state index in [9.17, 15) is 14.0 Å². The first-order valence-electron chi connectivity index (χ1n) is 5.81. The molecular weight excluding hydrogens is 259 g/mol. The van der Waals surface area contributed by atoms with Crippen LogP contribution in [0.5, 0.6) is 0 Å². The third-order valence-electron chi connectivity index (χ3n) is 3.11. The molecule has 2 aromatic carbocycles. The molecule has 0 unspecified atom stereocenters. The van der Waals surface area contributed by atoms with E-state index >= 15 is 0 Å². The number of hydrogen-bond donors (Lipinski definition) is 0. The van der Waals surface area contributed by atoms with E-state index in [4.69, 9.17) is 5.26 Å². The standard InChI is InChI=1S/C15H7FN2O2/c16-10-5-6-13(9(7-10)8-17)18-14(19)11-3-1-2-4-12(11)15(18)20/h1-7H. The lowest BCUT2D eigenvalue weighted by atomic mass is 10.1. The summed E-state index contributed by atoms with van der Waals surface area (Å²) in [7, 11) is 0. The van der Waals surface area contributed by atoms with Crippen LogP contribution in [0.2, 0.25) is 0 Å². The summed E-state index contributed by atoms with van der Waals surface area (Å²) < 4.78 is 13.1. The zero-order valence-electron chi connectivity index (χ0n) is 10.1. The van der Waals surface area contributed by atoms with Crippen LogP contribution in [0.25, 0.3) is 0 Å². The molecule has 0 saturated carbocycles. The minimum absolute atomic E-state index is 0.0560. The number of imide groups is 1. The molecule has 3 rings (SSSR count). The Bertz CT molecular complexity index is 758. The molecule has 1 aliphatic heterocycles. The molecule has 0 spiro atoms. The fourth-order valence-corrected chi connectivity index (χ4v) is 2.20. The van der Waals surface area contributed by atoms with Crippen LogP contribution in [-0.4, -0.2) is 11.8 Å². The molecule has 0 fully saturated rings. The largest absolute Gasteiger partial charge is 0.268 e. The Labute approximate surface area is 113 Å². The minimum Gasteiger partial charge on any atom is -0.268 e. The fourth-order valence-electron chi connectivity index (χ4n) is 2.20. The van der Waals surface area contributed by atoms with Gasteiger partial charge < -0.3 is 0 Å². The second-order valence-electron chi connectivity index (χ2n) is 4.26. The van der Waals surface area contributed by atoms with Crippen LogP contribution in [-0.2, 0) is 0 Å². The summed E-state index contributed by atoms with van der Waals surface area (Å²) in [5.41, 5.74) is 0.607. The Morgan fingerprint density at radius 2 is 1.60 bits per heavy atom. The van der Waals surface area contributed by atoms with Gasteiger partial charge in [-0.05, 0) is 30.3 Å². The van der Waals surface area contributed by atoms with Crippen LogP contribution in [0.4, 0.5) is 10.1 Å². The van der Waals surface area contributed by atoms with Crippen LogP contribution in [0.15, 0.2) is 42.5 Å². The van der Waals surface area contributed by atoms with E-state index in [1.807, 2.05) is 0 Å². The van der Waals surface area contributed by atoms with Gasteiger partial charge in [0.1, 0.15) is 11.9 Å². The Morgan fingerprint density at radius 3 is 2.15 bits per heavy atom. The lowest BCUT2D eigenvalue weighted by Crippen LogP contribution is -2.30. The summed E-state index contributed by atoms with van der Waals surface area (Å²) in [5, 5.41) is 9.03. The molecule has 5 heteroatoms. The van der Waals surface area contributed by atoms with Crippen molar-refractivity contribution in [1.82, 2.24) is 0 Å². The Balaban J connectivity index is 2.17.